The number of alkyl halides is 3. The minimum atomic E-state index is -4.72. The van der Waals surface area contributed by atoms with Gasteiger partial charge in [-0.1, -0.05) is 18.2 Å². The lowest BCUT2D eigenvalue weighted by Gasteiger charge is -2.20. The third-order valence-electron chi connectivity index (χ3n) is 3.32. The fourth-order valence-corrected chi connectivity index (χ4v) is 2.22. The molecule has 2 aromatic rings. The predicted molar refractivity (Wildman–Crippen MR) is 89.1 cm³/mol. The monoisotopic (exact) mass is 365 g/mol. The molecule has 26 heavy (non-hydrogen) atoms. The standard InChI is InChI=1S/C17H14F3N3O3/c1-10(24)23(12-6-4-5-11(21)9-12)16(26)15(25)22-14-8-3-2-7-13(14)17(18,19)20/h2-9H,21H2,1H3,(H,22,25). The molecule has 0 aromatic heterocycles. The molecule has 0 radical (unpaired) electrons. The van der Waals surface area contributed by atoms with Gasteiger partial charge in [-0.25, -0.2) is 4.90 Å². The van der Waals surface area contributed by atoms with Gasteiger partial charge in [-0.05, 0) is 30.3 Å². The maximum Gasteiger partial charge on any atom is 0.418 e. The maximum absolute atomic E-state index is 13.0. The Morgan fingerprint density at radius 3 is 2.27 bits per heavy atom. The molecule has 0 saturated heterocycles. The molecule has 0 bridgehead atoms. The number of rotatable bonds is 2. The number of carbonyl (C=O) groups excluding carboxylic acids is 3. The fraction of sp³-hybridized carbons (Fsp3) is 0.118. The summed E-state index contributed by atoms with van der Waals surface area (Å²) in [5.41, 5.74) is 4.16. The van der Waals surface area contributed by atoms with Crippen molar-refractivity contribution in [2.45, 2.75) is 13.1 Å². The Labute approximate surface area is 146 Å². The number of nitrogens with two attached hydrogens (primary N) is 1. The lowest BCUT2D eigenvalue weighted by molar-refractivity contribution is -0.138. The van der Waals surface area contributed by atoms with Gasteiger partial charge in [0.1, 0.15) is 0 Å². The minimum absolute atomic E-state index is 0.0294. The number of benzene rings is 2. The van der Waals surface area contributed by atoms with Crippen LogP contribution in [0.2, 0.25) is 0 Å². The first-order chi connectivity index (χ1) is 12.1. The van der Waals surface area contributed by atoms with E-state index in [1.165, 1.54) is 30.3 Å². The van der Waals surface area contributed by atoms with E-state index in [1.54, 1.807) is 0 Å². The number of anilines is 3. The molecule has 3 amide bonds. The topological polar surface area (TPSA) is 92.5 Å². The van der Waals surface area contributed by atoms with Crippen LogP contribution in [0, 0.1) is 0 Å². The van der Waals surface area contributed by atoms with Gasteiger partial charge in [0, 0.05) is 12.6 Å². The first kappa shape index (κ1) is 19.0. The molecule has 0 heterocycles. The van der Waals surface area contributed by atoms with Crippen LogP contribution in [0.3, 0.4) is 0 Å². The lowest BCUT2D eigenvalue weighted by Crippen LogP contribution is -2.43. The highest BCUT2D eigenvalue weighted by Crippen LogP contribution is 2.34. The molecular weight excluding hydrogens is 351 g/mol. The molecule has 0 aliphatic heterocycles. The highest BCUT2D eigenvalue weighted by atomic mass is 19.4. The first-order valence-corrected chi connectivity index (χ1v) is 7.29. The van der Waals surface area contributed by atoms with Gasteiger partial charge in [0.15, 0.2) is 0 Å². The van der Waals surface area contributed by atoms with Gasteiger partial charge in [-0.3, -0.25) is 14.4 Å². The van der Waals surface area contributed by atoms with Crippen molar-refractivity contribution in [3.63, 3.8) is 0 Å². The summed E-state index contributed by atoms with van der Waals surface area (Å²) < 4.78 is 38.9. The van der Waals surface area contributed by atoms with Crippen molar-refractivity contribution in [1.82, 2.24) is 0 Å². The number of amides is 3. The van der Waals surface area contributed by atoms with Crippen molar-refractivity contribution in [3.8, 4) is 0 Å². The van der Waals surface area contributed by atoms with Crippen LogP contribution < -0.4 is 16.0 Å². The van der Waals surface area contributed by atoms with E-state index in [0.717, 1.165) is 25.1 Å². The van der Waals surface area contributed by atoms with Crippen LogP contribution in [-0.2, 0) is 20.6 Å². The van der Waals surface area contributed by atoms with Crippen LogP contribution in [0.5, 0.6) is 0 Å². The summed E-state index contributed by atoms with van der Waals surface area (Å²) in [5, 5.41) is 1.90. The van der Waals surface area contributed by atoms with E-state index in [0.29, 0.717) is 4.90 Å². The fourth-order valence-electron chi connectivity index (χ4n) is 2.22. The SMILES string of the molecule is CC(=O)N(C(=O)C(=O)Nc1ccccc1C(F)(F)F)c1cccc(N)c1. The number of imide groups is 1. The van der Waals surface area contributed by atoms with Crippen molar-refractivity contribution in [1.29, 1.82) is 0 Å². The zero-order valence-corrected chi connectivity index (χ0v) is 13.5. The summed E-state index contributed by atoms with van der Waals surface area (Å²) in [6.07, 6.45) is -4.72. The Morgan fingerprint density at radius 2 is 1.69 bits per heavy atom. The lowest BCUT2D eigenvalue weighted by atomic mass is 10.1. The maximum atomic E-state index is 13.0. The van der Waals surface area contributed by atoms with Crippen molar-refractivity contribution >= 4 is 34.8 Å². The number of carbonyl (C=O) groups is 3. The molecule has 0 atom stereocenters. The van der Waals surface area contributed by atoms with Crippen LogP contribution in [-0.4, -0.2) is 17.7 Å². The normalized spacial score (nSPS) is 10.9. The summed E-state index contributed by atoms with van der Waals surface area (Å²) in [6.45, 7) is 1.04. The number of hydrogen-bond donors (Lipinski definition) is 2. The van der Waals surface area contributed by atoms with Crippen LogP contribution in [0.25, 0.3) is 0 Å². The van der Waals surface area contributed by atoms with Crippen molar-refractivity contribution < 1.29 is 27.6 Å². The van der Waals surface area contributed by atoms with E-state index in [-0.39, 0.29) is 11.4 Å². The van der Waals surface area contributed by atoms with Crippen LogP contribution in [0.1, 0.15) is 12.5 Å². The van der Waals surface area contributed by atoms with Gasteiger partial charge < -0.3 is 11.1 Å². The molecule has 2 aromatic carbocycles. The zero-order chi connectivity index (χ0) is 19.5. The molecule has 0 saturated carbocycles. The molecule has 0 aliphatic carbocycles. The molecule has 9 heteroatoms. The molecule has 6 nitrogen and oxygen atoms in total. The number of nitrogen functional groups attached to an aromatic ring is 1. The summed E-state index contributed by atoms with van der Waals surface area (Å²) in [6, 6.07) is 9.82. The second-order valence-corrected chi connectivity index (χ2v) is 5.25. The first-order valence-electron chi connectivity index (χ1n) is 7.29. The van der Waals surface area contributed by atoms with Crippen molar-refractivity contribution in [2.24, 2.45) is 0 Å². The van der Waals surface area contributed by atoms with E-state index < -0.39 is 35.1 Å². The Kier molecular flexibility index (Phi) is 5.30. The van der Waals surface area contributed by atoms with Gasteiger partial charge in [-0.15, -0.1) is 0 Å². The Hall–Kier alpha value is -3.36. The van der Waals surface area contributed by atoms with E-state index >= 15 is 0 Å². The molecular formula is C17H14F3N3O3. The smallest absolute Gasteiger partial charge is 0.399 e. The molecule has 2 rings (SSSR count). The van der Waals surface area contributed by atoms with Crippen LogP contribution >= 0.6 is 0 Å². The molecule has 0 spiro atoms. The average molecular weight is 365 g/mol. The molecule has 0 fully saturated rings. The zero-order valence-electron chi connectivity index (χ0n) is 13.5. The summed E-state index contributed by atoms with van der Waals surface area (Å²) >= 11 is 0. The van der Waals surface area contributed by atoms with E-state index in [4.69, 9.17) is 5.73 Å². The average Bonchev–Trinajstić information content (AvgIpc) is 2.54. The van der Waals surface area contributed by atoms with Gasteiger partial charge in [0.05, 0.1) is 16.9 Å². The summed E-state index contributed by atoms with van der Waals surface area (Å²) in [7, 11) is 0. The molecule has 0 unspecified atom stereocenters. The van der Waals surface area contributed by atoms with E-state index in [2.05, 4.69) is 0 Å². The van der Waals surface area contributed by atoms with Gasteiger partial charge in [0.25, 0.3) is 0 Å². The Morgan fingerprint density at radius 1 is 1.04 bits per heavy atom. The quantitative estimate of drug-likeness (QED) is 0.632. The Bertz CT molecular complexity index is 866. The largest absolute Gasteiger partial charge is 0.418 e. The Balaban J connectivity index is 2.32. The number of nitrogens with one attached hydrogen (secondary N) is 1. The van der Waals surface area contributed by atoms with Gasteiger partial charge >= 0.3 is 18.0 Å². The highest BCUT2D eigenvalue weighted by Gasteiger charge is 2.35. The highest BCUT2D eigenvalue weighted by molar-refractivity contribution is 6.48. The number of nitrogens with zero attached hydrogens (tertiary/aromatic N) is 1. The third-order valence-corrected chi connectivity index (χ3v) is 3.32. The minimum Gasteiger partial charge on any atom is -0.399 e. The predicted octanol–water partition coefficient (Wildman–Crippen LogP) is 2.81. The van der Waals surface area contributed by atoms with E-state index in [9.17, 15) is 27.6 Å². The number of halogens is 3. The number of hydrogen-bond acceptors (Lipinski definition) is 4. The van der Waals surface area contributed by atoms with Crippen LogP contribution in [0.4, 0.5) is 30.2 Å². The van der Waals surface area contributed by atoms with Crippen molar-refractivity contribution in [2.75, 3.05) is 16.0 Å². The molecule has 3 N–H and O–H groups in total. The van der Waals surface area contributed by atoms with Crippen LogP contribution in [0.15, 0.2) is 48.5 Å². The summed E-state index contributed by atoms with van der Waals surface area (Å²) in [5.74, 6) is -3.51. The van der Waals surface area contributed by atoms with Gasteiger partial charge in [-0.2, -0.15) is 13.2 Å². The van der Waals surface area contributed by atoms with Crippen molar-refractivity contribution in [3.05, 3.63) is 54.1 Å². The second-order valence-electron chi connectivity index (χ2n) is 5.25. The van der Waals surface area contributed by atoms with E-state index in [1.807, 2.05) is 5.32 Å². The third kappa shape index (κ3) is 4.18. The van der Waals surface area contributed by atoms with Gasteiger partial charge in [0.2, 0.25) is 5.91 Å². The molecule has 0 aliphatic rings. The number of para-hydroxylation sites is 1. The molecule has 136 valence electrons. The second kappa shape index (κ2) is 7.26. The summed E-state index contributed by atoms with van der Waals surface area (Å²) in [4.78, 5) is 36.8.